The molecule has 1 atom stereocenters. The molecule has 0 aromatic heterocycles. The summed E-state index contributed by atoms with van der Waals surface area (Å²) >= 11 is 0. The molecule has 9 heavy (non-hydrogen) atoms. The molecule has 1 aliphatic rings. The van der Waals surface area contributed by atoms with Crippen LogP contribution in [0.25, 0.3) is 0 Å². The van der Waals surface area contributed by atoms with Gasteiger partial charge < -0.3 is 6.42 Å². The Bertz CT molecular complexity index is 80.7. The molecule has 1 unspecified atom stereocenters. The molecule has 54 valence electrons. The largest absolute Gasteiger partial charge is 0.328 e. The second kappa shape index (κ2) is 2.32. The van der Waals surface area contributed by atoms with Gasteiger partial charge in [-0.25, -0.2) is 0 Å². The quantitative estimate of drug-likeness (QED) is 0.436. The van der Waals surface area contributed by atoms with Crippen molar-refractivity contribution in [2.75, 3.05) is 0 Å². The molecular formula is C9H17-. The maximum absolute atomic E-state index is 2.43. The molecule has 0 amide bonds. The Kier molecular flexibility index (Phi) is 1.83. The van der Waals surface area contributed by atoms with E-state index >= 15 is 0 Å². The first-order valence-corrected chi connectivity index (χ1v) is 3.92. The standard InChI is InChI=1S/C9H17/c1-9(2,3)8-6-4-5-7-8/h4,8H,5-7H2,1-3H3/q-1. The average Bonchev–Trinajstić information content (AvgIpc) is 2.08. The van der Waals surface area contributed by atoms with E-state index in [1.54, 1.807) is 0 Å². The summed E-state index contributed by atoms with van der Waals surface area (Å²) in [5.74, 6) is 0.956. The Hall–Kier alpha value is 0. The SMILES string of the molecule is CC(C)(C)C1C[CH-]CC1. The third-order valence-electron chi connectivity index (χ3n) is 2.40. The third kappa shape index (κ3) is 1.70. The van der Waals surface area contributed by atoms with Gasteiger partial charge in [0, 0.05) is 0 Å². The predicted molar refractivity (Wildman–Crippen MR) is 41.1 cm³/mol. The van der Waals surface area contributed by atoms with Gasteiger partial charge in [0.2, 0.25) is 0 Å². The van der Waals surface area contributed by atoms with Crippen molar-refractivity contribution in [3.8, 4) is 0 Å². The smallest absolute Gasteiger partial charge is 0.0379 e. The van der Waals surface area contributed by atoms with E-state index in [4.69, 9.17) is 0 Å². The molecule has 0 aromatic rings. The van der Waals surface area contributed by atoms with Gasteiger partial charge in [0.05, 0.1) is 0 Å². The molecular weight excluding hydrogens is 108 g/mol. The third-order valence-corrected chi connectivity index (χ3v) is 2.40. The monoisotopic (exact) mass is 125 g/mol. The van der Waals surface area contributed by atoms with E-state index in [0.29, 0.717) is 5.41 Å². The molecule has 1 fully saturated rings. The molecule has 0 N–H and O–H groups in total. The highest BCUT2D eigenvalue weighted by Gasteiger charge is 2.22. The zero-order valence-corrected chi connectivity index (χ0v) is 6.78. The Morgan fingerprint density at radius 1 is 1.33 bits per heavy atom. The molecule has 0 spiro atoms. The molecule has 1 saturated carbocycles. The van der Waals surface area contributed by atoms with Crippen molar-refractivity contribution in [3.05, 3.63) is 6.42 Å². The van der Waals surface area contributed by atoms with E-state index in [0.717, 1.165) is 5.92 Å². The minimum absolute atomic E-state index is 0.549. The van der Waals surface area contributed by atoms with Crippen LogP contribution in [0.1, 0.15) is 40.0 Å². The van der Waals surface area contributed by atoms with Crippen molar-refractivity contribution < 1.29 is 0 Å². The van der Waals surface area contributed by atoms with Crippen molar-refractivity contribution in [1.29, 1.82) is 0 Å². The van der Waals surface area contributed by atoms with Crippen molar-refractivity contribution >= 4 is 0 Å². The van der Waals surface area contributed by atoms with Crippen LogP contribution in [0.4, 0.5) is 0 Å². The molecule has 0 radical (unpaired) electrons. The number of hydrogen-bond donors (Lipinski definition) is 0. The van der Waals surface area contributed by atoms with Crippen LogP contribution < -0.4 is 0 Å². The van der Waals surface area contributed by atoms with E-state index in [9.17, 15) is 0 Å². The first kappa shape index (κ1) is 7.11. The zero-order valence-electron chi connectivity index (χ0n) is 6.78. The Balaban J connectivity index is 2.42. The second-order valence-electron chi connectivity index (χ2n) is 4.16. The van der Waals surface area contributed by atoms with Gasteiger partial charge in [0.1, 0.15) is 0 Å². The molecule has 1 aliphatic carbocycles. The lowest BCUT2D eigenvalue weighted by Gasteiger charge is -2.28. The summed E-state index contributed by atoms with van der Waals surface area (Å²) in [5.41, 5.74) is 0.549. The molecule has 1 rings (SSSR count). The van der Waals surface area contributed by atoms with Gasteiger partial charge in [-0.3, -0.25) is 0 Å². The molecule has 0 saturated heterocycles. The van der Waals surface area contributed by atoms with Gasteiger partial charge in [-0.05, 0) is 5.41 Å². The van der Waals surface area contributed by atoms with E-state index in [1.807, 2.05) is 0 Å². The van der Waals surface area contributed by atoms with E-state index in [-0.39, 0.29) is 0 Å². The fourth-order valence-electron chi connectivity index (χ4n) is 1.54. The average molecular weight is 125 g/mol. The number of rotatable bonds is 0. The summed E-state index contributed by atoms with van der Waals surface area (Å²) in [6, 6.07) is 0. The van der Waals surface area contributed by atoms with Crippen LogP contribution in [0.3, 0.4) is 0 Å². The maximum Gasteiger partial charge on any atom is -0.0379 e. The molecule has 0 bridgehead atoms. The number of hydrogen-bond acceptors (Lipinski definition) is 0. The Labute approximate surface area is 58.7 Å². The zero-order chi connectivity index (χ0) is 6.91. The topological polar surface area (TPSA) is 0 Å². The van der Waals surface area contributed by atoms with Crippen molar-refractivity contribution in [2.45, 2.75) is 40.0 Å². The Morgan fingerprint density at radius 3 is 2.22 bits per heavy atom. The predicted octanol–water partition coefficient (Wildman–Crippen LogP) is 3.04. The summed E-state index contributed by atoms with van der Waals surface area (Å²) in [6.07, 6.45) is 6.55. The van der Waals surface area contributed by atoms with Gasteiger partial charge in [-0.15, -0.1) is 0 Å². The van der Waals surface area contributed by atoms with Crippen LogP contribution in [-0.4, -0.2) is 0 Å². The second-order valence-corrected chi connectivity index (χ2v) is 4.16. The van der Waals surface area contributed by atoms with Crippen LogP contribution >= 0.6 is 0 Å². The van der Waals surface area contributed by atoms with Gasteiger partial charge in [0.15, 0.2) is 0 Å². The minimum Gasteiger partial charge on any atom is -0.328 e. The summed E-state index contributed by atoms with van der Waals surface area (Å²) in [7, 11) is 0. The van der Waals surface area contributed by atoms with Crippen LogP contribution in [0.2, 0.25) is 0 Å². The summed E-state index contributed by atoms with van der Waals surface area (Å²) < 4.78 is 0. The minimum atomic E-state index is 0.549. The van der Waals surface area contributed by atoms with Gasteiger partial charge >= 0.3 is 0 Å². The van der Waals surface area contributed by atoms with Gasteiger partial charge in [-0.1, -0.05) is 33.1 Å². The molecule has 0 nitrogen and oxygen atoms in total. The lowest BCUT2D eigenvalue weighted by Crippen LogP contribution is -2.16. The van der Waals surface area contributed by atoms with Gasteiger partial charge in [0.25, 0.3) is 0 Å². The first-order valence-electron chi connectivity index (χ1n) is 3.92. The van der Waals surface area contributed by atoms with Crippen molar-refractivity contribution in [1.82, 2.24) is 0 Å². The lowest BCUT2D eigenvalue weighted by molar-refractivity contribution is 0.249. The summed E-state index contributed by atoms with van der Waals surface area (Å²) in [4.78, 5) is 0. The van der Waals surface area contributed by atoms with Crippen LogP contribution in [0.15, 0.2) is 0 Å². The Morgan fingerprint density at radius 2 is 2.00 bits per heavy atom. The van der Waals surface area contributed by atoms with E-state index < -0.39 is 0 Å². The molecule has 0 aliphatic heterocycles. The summed E-state index contributed by atoms with van der Waals surface area (Å²) in [6.45, 7) is 7.03. The fraction of sp³-hybridized carbons (Fsp3) is 0.889. The van der Waals surface area contributed by atoms with Crippen LogP contribution in [0.5, 0.6) is 0 Å². The highest BCUT2D eigenvalue weighted by molar-refractivity contribution is 4.86. The molecule has 0 heterocycles. The van der Waals surface area contributed by atoms with E-state index in [1.165, 1.54) is 19.3 Å². The molecule has 0 aromatic carbocycles. The molecule has 0 heteroatoms. The lowest BCUT2D eigenvalue weighted by atomic mass is 9.80. The van der Waals surface area contributed by atoms with Crippen molar-refractivity contribution in [2.24, 2.45) is 11.3 Å². The van der Waals surface area contributed by atoms with Crippen LogP contribution in [0, 0.1) is 17.8 Å². The van der Waals surface area contributed by atoms with Gasteiger partial charge in [-0.2, -0.15) is 12.8 Å². The van der Waals surface area contributed by atoms with Crippen LogP contribution in [-0.2, 0) is 0 Å². The summed E-state index contributed by atoms with van der Waals surface area (Å²) in [5, 5.41) is 0. The van der Waals surface area contributed by atoms with E-state index in [2.05, 4.69) is 27.2 Å². The maximum atomic E-state index is 2.43. The first-order chi connectivity index (χ1) is 4.11. The highest BCUT2D eigenvalue weighted by Crippen LogP contribution is 2.38. The van der Waals surface area contributed by atoms with Crippen molar-refractivity contribution in [3.63, 3.8) is 0 Å². The highest BCUT2D eigenvalue weighted by atomic mass is 14.3. The fourth-order valence-corrected chi connectivity index (χ4v) is 1.54. The normalized spacial score (nSPS) is 29.0.